The minimum absolute atomic E-state index is 0.106. The fourth-order valence-electron chi connectivity index (χ4n) is 2.40. The van der Waals surface area contributed by atoms with Crippen molar-refractivity contribution in [2.75, 3.05) is 5.88 Å². The molecule has 2 aromatic carbocycles. The predicted octanol–water partition coefficient (Wildman–Crippen LogP) is 4.96. The van der Waals surface area contributed by atoms with Crippen molar-refractivity contribution in [1.29, 1.82) is 0 Å². The van der Waals surface area contributed by atoms with Crippen LogP contribution in [0.2, 0.25) is 5.02 Å². The third-order valence-electron chi connectivity index (χ3n) is 3.55. The minimum atomic E-state index is -1.25. The Morgan fingerprint density at radius 1 is 1.05 bits per heavy atom. The number of hydrogen-bond donors (Lipinski definition) is 0. The van der Waals surface area contributed by atoms with Gasteiger partial charge >= 0.3 is 0 Å². The number of halogens is 5. The van der Waals surface area contributed by atoms with Crippen LogP contribution in [0, 0.1) is 17.5 Å². The highest BCUT2D eigenvalue weighted by atomic mass is 35.5. The molecule has 0 aromatic heterocycles. The molecular weight excluding hydrogens is 324 g/mol. The Hall–Kier alpha value is -1.23. The molecule has 1 heterocycles. The van der Waals surface area contributed by atoms with Crippen LogP contribution in [-0.4, -0.2) is 5.88 Å². The quantitative estimate of drug-likeness (QED) is 0.439. The van der Waals surface area contributed by atoms with Crippen LogP contribution < -0.4 is 0 Å². The van der Waals surface area contributed by atoms with E-state index >= 15 is 0 Å². The van der Waals surface area contributed by atoms with Crippen LogP contribution >= 0.6 is 23.2 Å². The lowest BCUT2D eigenvalue weighted by Crippen LogP contribution is -2.15. The molecule has 1 aliphatic rings. The number of rotatable bonds is 3. The molecule has 1 saturated heterocycles. The summed E-state index contributed by atoms with van der Waals surface area (Å²) in [5.41, 5.74) is -0.712. The topological polar surface area (TPSA) is 12.5 Å². The van der Waals surface area contributed by atoms with Crippen LogP contribution in [0.5, 0.6) is 0 Å². The number of ether oxygens (including phenoxy) is 1. The Kier molecular flexibility index (Phi) is 3.64. The second kappa shape index (κ2) is 5.20. The molecule has 1 aliphatic heterocycles. The smallest absolute Gasteiger partial charge is 0.161 e. The monoisotopic (exact) mass is 332 g/mol. The molecule has 0 aliphatic carbocycles. The van der Waals surface area contributed by atoms with Crippen molar-refractivity contribution in [3.63, 3.8) is 0 Å². The van der Waals surface area contributed by atoms with Gasteiger partial charge in [-0.2, -0.15) is 0 Å². The number of benzene rings is 2. The van der Waals surface area contributed by atoms with Gasteiger partial charge in [0, 0.05) is 22.2 Å². The fraction of sp³-hybridized carbons (Fsp3) is 0.200. The van der Waals surface area contributed by atoms with Gasteiger partial charge < -0.3 is 4.74 Å². The van der Waals surface area contributed by atoms with E-state index in [1.807, 2.05) is 0 Å². The van der Waals surface area contributed by atoms with Crippen molar-refractivity contribution in [1.82, 2.24) is 0 Å². The van der Waals surface area contributed by atoms with E-state index in [2.05, 4.69) is 0 Å². The Balaban J connectivity index is 2.05. The van der Waals surface area contributed by atoms with Gasteiger partial charge in [-0.3, -0.25) is 0 Å². The van der Waals surface area contributed by atoms with Crippen LogP contribution in [0.1, 0.15) is 17.2 Å². The summed E-state index contributed by atoms with van der Waals surface area (Å²) in [6.45, 7) is 0. The van der Waals surface area contributed by atoms with Crippen LogP contribution in [0.15, 0.2) is 36.4 Å². The molecule has 1 nitrogen and oxygen atoms in total. The maximum atomic E-state index is 14.0. The first-order valence-corrected chi connectivity index (χ1v) is 7.04. The first-order valence-electron chi connectivity index (χ1n) is 6.13. The molecule has 2 aromatic rings. The number of hydrogen-bond acceptors (Lipinski definition) is 1. The summed E-state index contributed by atoms with van der Waals surface area (Å²) >= 11 is 12.0. The molecule has 0 amide bonds. The van der Waals surface area contributed by atoms with Gasteiger partial charge in [-0.25, -0.2) is 13.2 Å². The highest BCUT2D eigenvalue weighted by molar-refractivity contribution is 6.31. The van der Waals surface area contributed by atoms with Gasteiger partial charge in [0.25, 0.3) is 0 Å². The van der Waals surface area contributed by atoms with E-state index in [9.17, 15) is 13.2 Å². The van der Waals surface area contributed by atoms with Gasteiger partial charge in [-0.1, -0.05) is 29.8 Å². The standard InChI is InChI=1S/C15H9Cl2F3O/c16-7-15(9-5-12(19)13(20)6-11(9)18)14(21-15)8-3-1-2-4-10(8)17/h1-6,14H,7H2. The zero-order valence-electron chi connectivity index (χ0n) is 10.5. The summed E-state index contributed by atoms with van der Waals surface area (Å²) in [6.07, 6.45) is -0.594. The molecule has 0 spiro atoms. The minimum Gasteiger partial charge on any atom is -0.354 e. The van der Waals surface area contributed by atoms with Gasteiger partial charge in [0.15, 0.2) is 11.6 Å². The average molecular weight is 333 g/mol. The van der Waals surface area contributed by atoms with E-state index in [1.165, 1.54) is 0 Å². The average Bonchev–Trinajstić information content (AvgIpc) is 3.19. The maximum absolute atomic E-state index is 14.0. The summed E-state index contributed by atoms with van der Waals surface area (Å²) in [7, 11) is 0. The van der Waals surface area contributed by atoms with Crippen molar-refractivity contribution in [2.24, 2.45) is 0 Å². The van der Waals surface area contributed by atoms with E-state index in [4.69, 9.17) is 27.9 Å². The normalized spacial score (nSPS) is 24.1. The predicted molar refractivity (Wildman–Crippen MR) is 74.0 cm³/mol. The number of alkyl halides is 1. The van der Waals surface area contributed by atoms with Crippen LogP contribution in [0.4, 0.5) is 13.2 Å². The first kappa shape index (κ1) is 14.7. The Morgan fingerprint density at radius 3 is 2.38 bits per heavy atom. The number of epoxide rings is 1. The van der Waals surface area contributed by atoms with Crippen LogP contribution in [0.25, 0.3) is 0 Å². The van der Waals surface area contributed by atoms with Gasteiger partial charge in [0.2, 0.25) is 0 Å². The van der Waals surface area contributed by atoms with E-state index in [0.717, 1.165) is 6.07 Å². The van der Waals surface area contributed by atoms with Crippen molar-refractivity contribution in [2.45, 2.75) is 11.7 Å². The van der Waals surface area contributed by atoms with Crippen molar-refractivity contribution < 1.29 is 17.9 Å². The highest BCUT2D eigenvalue weighted by Gasteiger charge is 2.60. The third kappa shape index (κ3) is 2.31. The zero-order chi connectivity index (χ0) is 15.2. The molecule has 0 N–H and O–H groups in total. The summed E-state index contributed by atoms with van der Waals surface area (Å²) < 4.78 is 45.9. The van der Waals surface area contributed by atoms with Crippen molar-refractivity contribution in [3.05, 3.63) is 70.0 Å². The Morgan fingerprint density at radius 2 is 1.71 bits per heavy atom. The SMILES string of the molecule is Fc1cc(F)c(C2(CCl)OC2c2ccccc2Cl)cc1F. The largest absolute Gasteiger partial charge is 0.354 e. The molecular formula is C15H9Cl2F3O. The summed E-state index contributed by atoms with van der Waals surface area (Å²) in [6, 6.07) is 8.16. The van der Waals surface area contributed by atoms with E-state index < -0.39 is 29.2 Å². The Bertz CT molecular complexity index is 707. The fourth-order valence-corrected chi connectivity index (χ4v) is 2.99. The first-order chi connectivity index (χ1) is 9.99. The summed E-state index contributed by atoms with van der Waals surface area (Å²) in [4.78, 5) is 0. The Labute approximate surface area is 129 Å². The van der Waals surface area contributed by atoms with Crippen molar-refractivity contribution in [3.8, 4) is 0 Å². The molecule has 21 heavy (non-hydrogen) atoms. The van der Waals surface area contributed by atoms with Gasteiger partial charge in [-0.05, 0) is 12.1 Å². The van der Waals surface area contributed by atoms with Crippen LogP contribution in [0.3, 0.4) is 0 Å². The van der Waals surface area contributed by atoms with Crippen molar-refractivity contribution >= 4 is 23.2 Å². The molecule has 1 fully saturated rings. The summed E-state index contributed by atoms with van der Waals surface area (Å²) in [5, 5.41) is 0.442. The van der Waals surface area contributed by atoms with Gasteiger partial charge in [0.1, 0.15) is 17.5 Å². The maximum Gasteiger partial charge on any atom is 0.161 e. The molecule has 2 atom stereocenters. The lowest BCUT2D eigenvalue weighted by atomic mass is 9.92. The molecule has 3 rings (SSSR count). The molecule has 0 saturated carbocycles. The molecule has 2 unspecified atom stereocenters. The van der Waals surface area contributed by atoms with E-state index in [0.29, 0.717) is 16.7 Å². The highest BCUT2D eigenvalue weighted by Crippen LogP contribution is 2.59. The molecule has 6 heteroatoms. The summed E-state index contributed by atoms with van der Waals surface area (Å²) in [5.74, 6) is -3.41. The third-order valence-corrected chi connectivity index (χ3v) is 4.29. The second-order valence-corrected chi connectivity index (χ2v) is 5.46. The second-order valence-electron chi connectivity index (χ2n) is 4.79. The lowest BCUT2D eigenvalue weighted by molar-refractivity contribution is 0.308. The van der Waals surface area contributed by atoms with Gasteiger partial charge in [0.05, 0.1) is 5.88 Å². The molecule has 0 bridgehead atoms. The van der Waals surface area contributed by atoms with Gasteiger partial charge in [-0.15, -0.1) is 11.6 Å². The molecule has 0 radical (unpaired) electrons. The van der Waals surface area contributed by atoms with E-state index in [1.54, 1.807) is 24.3 Å². The van der Waals surface area contributed by atoms with Crippen LogP contribution in [-0.2, 0) is 10.3 Å². The van der Waals surface area contributed by atoms with E-state index in [-0.39, 0.29) is 11.4 Å². The molecule has 110 valence electrons. The lowest BCUT2D eigenvalue weighted by Gasteiger charge is -2.12. The zero-order valence-corrected chi connectivity index (χ0v) is 12.1.